The summed E-state index contributed by atoms with van der Waals surface area (Å²) in [6.07, 6.45) is 2.01. The molecule has 0 radical (unpaired) electrons. The summed E-state index contributed by atoms with van der Waals surface area (Å²) < 4.78 is 6.76. The Kier molecular flexibility index (Phi) is 4.84. The first kappa shape index (κ1) is 16.8. The molecule has 2 aromatic carbocycles. The number of hydrogen-bond donors (Lipinski definition) is 1. The van der Waals surface area contributed by atoms with Gasteiger partial charge in [-0.2, -0.15) is 0 Å². The summed E-state index contributed by atoms with van der Waals surface area (Å²) in [6.45, 7) is 2.37. The number of esters is 1. The molecule has 0 saturated heterocycles. The average Bonchev–Trinajstić information content (AvgIpc) is 3.03. The number of ether oxygens (including phenoxy) is 1. The highest BCUT2D eigenvalue weighted by molar-refractivity contribution is 5.99. The van der Waals surface area contributed by atoms with Crippen LogP contribution in [0.15, 0.2) is 60.8 Å². The number of amides is 1. The Balaban J connectivity index is 1.79. The standard InChI is InChI=1S/C20H20N2O3/c1-14(20(24)25-2)21-19(23)17-8-9-18-16(12-17)10-11-22(18)13-15-6-4-3-5-7-15/h3-12,14H,13H2,1-2H3,(H,21,23)/t14-/m1/s1. The Morgan fingerprint density at radius 3 is 2.60 bits per heavy atom. The molecular weight excluding hydrogens is 316 g/mol. The van der Waals surface area contributed by atoms with Crippen molar-refractivity contribution >= 4 is 22.8 Å². The lowest BCUT2D eigenvalue weighted by molar-refractivity contribution is -0.142. The number of methoxy groups -OCH3 is 1. The van der Waals surface area contributed by atoms with Crippen LogP contribution in [0.2, 0.25) is 0 Å². The third-order valence-electron chi connectivity index (χ3n) is 4.13. The summed E-state index contributed by atoms with van der Waals surface area (Å²) in [5, 5.41) is 3.62. The van der Waals surface area contributed by atoms with Crippen LogP contribution in [-0.2, 0) is 16.1 Å². The van der Waals surface area contributed by atoms with Crippen LogP contribution in [-0.4, -0.2) is 29.6 Å². The maximum Gasteiger partial charge on any atom is 0.328 e. The van der Waals surface area contributed by atoms with E-state index >= 15 is 0 Å². The van der Waals surface area contributed by atoms with E-state index in [-0.39, 0.29) is 5.91 Å². The van der Waals surface area contributed by atoms with Crippen molar-refractivity contribution in [3.63, 3.8) is 0 Å². The molecule has 0 aliphatic carbocycles. The van der Waals surface area contributed by atoms with Crippen LogP contribution in [0.4, 0.5) is 0 Å². The molecule has 25 heavy (non-hydrogen) atoms. The normalized spacial score (nSPS) is 11.9. The molecule has 0 aliphatic heterocycles. The zero-order chi connectivity index (χ0) is 17.8. The van der Waals surface area contributed by atoms with Crippen LogP contribution in [0.5, 0.6) is 0 Å². The van der Waals surface area contributed by atoms with Gasteiger partial charge in [0.1, 0.15) is 6.04 Å². The Morgan fingerprint density at radius 1 is 1.12 bits per heavy atom. The summed E-state index contributed by atoms with van der Waals surface area (Å²) in [5.41, 5.74) is 2.79. The van der Waals surface area contributed by atoms with Gasteiger partial charge in [-0.15, -0.1) is 0 Å². The van der Waals surface area contributed by atoms with E-state index in [1.807, 2.05) is 42.6 Å². The summed E-state index contributed by atoms with van der Waals surface area (Å²) in [5.74, 6) is -0.765. The average molecular weight is 336 g/mol. The number of nitrogens with zero attached hydrogens (tertiary/aromatic N) is 1. The van der Waals surface area contributed by atoms with E-state index in [4.69, 9.17) is 0 Å². The maximum absolute atomic E-state index is 12.3. The van der Waals surface area contributed by atoms with Crippen molar-refractivity contribution in [2.45, 2.75) is 19.5 Å². The van der Waals surface area contributed by atoms with Crippen molar-refractivity contribution in [1.29, 1.82) is 0 Å². The van der Waals surface area contributed by atoms with Gasteiger partial charge in [0, 0.05) is 29.2 Å². The van der Waals surface area contributed by atoms with Crippen LogP contribution in [0, 0.1) is 0 Å². The lowest BCUT2D eigenvalue weighted by Gasteiger charge is -2.12. The molecule has 1 atom stereocenters. The molecule has 3 rings (SSSR count). The Labute approximate surface area is 146 Å². The van der Waals surface area contributed by atoms with Crippen molar-refractivity contribution in [2.75, 3.05) is 7.11 Å². The third-order valence-corrected chi connectivity index (χ3v) is 4.13. The Morgan fingerprint density at radius 2 is 1.88 bits per heavy atom. The lowest BCUT2D eigenvalue weighted by atomic mass is 10.1. The van der Waals surface area contributed by atoms with Gasteiger partial charge in [-0.05, 0) is 36.8 Å². The second-order valence-electron chi connectivity index (χ2n) is 5.92. The topological polar surface area (TPSA) is 60.3 Å². The number of nitrogens with one attached hydrogen (secondary N) is 1. The van der Waals surface area contributed by atoms with Crippen molar-refractivity contribution in [1.82, 2.24) is 9.88 Å². The number of carbonyl (C=O) groups excluding carboxylic acids is 2. The lowest BCUT2D eigenvalue weighted by Crippen LogP contribution is -2.39. The summed E-state index contributed by atoms with van der Waals surface area (Å²) in [7, 11) is 1.30. The van der Waals surface area contributed by atoms with Crippen molar-refractivity contribution in [2.24, 2.45) is 0 Å². The fourth-order valence-electron chi connectivity index (χ4n) is 2.78. The first-order chi connectivity index (χ1) is 12.1. The fraction of sp³-hybridized carbons (Fsp3) is 0.200. The second-order valence-corrected chi connectivity index (χ2v) is 5.92. The summed E-state index contributed by atoms with van der Waals surface area (Å²) >= 11 is 0. The molecule has 0 aliphatic rings. The molecule has 0 bridgehead atoms. The van der Waals surface area contributed by atoms with Gasteiger partial charge in [0.15, 0.2) is 0 Å². The highest BCUT2D eigenvalue weighted by Gasteiger charge is 2.17. The maximum atomic E-state index is 12.3. The molecular formula is C20H20N2O3. The number of benzene rings is 2. The highest BCUT2D eigenvalue weighted by atomic mass is 16.5. The van der Waals surface area contributed by atoms with Crippen molar-refractivity contribution in [3.05, 3.63) is 71.9 Å². The van der Waals surface area contributed by atoms with Crippen LogP contribution in [0.3, 0.4) is 0 Å². The minimum Gasteiger partial charge on any atom is -0.467 e. The largest absolute Gasteiger partial charge is 0.467 e. The number of aromatic nitrogens is 1. The van der Waals surface area contributed by atoms with Gasteiger partial charge < -0.3 is 14.6 Å². The molecule has 1 heterocycles. The molecule has 5 heteroatoms. The first-order valence-electron chi connectivity index (χ1n) is 8.10. The molecule has 0 spiro atoms. The van der Waals surface area contributed by atoms with Crippen LogP contribution in [0.1, 0.15) is 22.8 Å². The van der Waals surface area contributed by atoms with E-state index in [1.54, 1.807) is 13.0 Å². The number of hydrogen-bond acceptors (Lipinski definition) is 3. The van der Waals surface area contributed by atoms with Gasteiger partial charge in [-0.1, -0.05) is 30.3 Å². The van der Waals surface area contributed by atoms with Gasteiger partial charge in [-0.25, -0.2) is 4.79 Å². The molecule has 3 aromatic rings. The van der Waals surface area contributed by atoms with Crippen molar-refractivity contribution in [3.8, 4) is 0 Å². The van der Waals surface area contributed by atoms with E-state index in [0.29, 0.717) is 5.56 Å². The number of fused-ring (bicyclic) bond motifs is 1. The predicted octanol–water partition coefficient (Wildman–Crippen LogP) is 2.98. The van der Waals surface area contributed by atoms with E-state index in [2.05, 4.69) is 26.8 Å². The van der Waals surface area contributed by atoms with Gasteiger partial charge >= 0.3 is 5.97 Å². The van der Waals surface area contributed by atoms with E-state index in [1.165, 1.54) is 12.7 Å². The molecule has 1 N–H and O–H groups in total. The molecule has 1 aromatic heterocycles. The SMILES string of the molecule is COC(=O)[C@@H](C)NC(=O)c1ccc2c(ccn2Cc2ccccc2)c1. The van der Waals surface area contributed by atoms with Gasteiger partial charge in [0.05, 0.1) is 7.11 Å². The minimum atomic E-state index is -0.684. The number of carbonyl (C=O) groups is 2. The fourth-order valence-corrected chi connectivity index (χ4v) is 2.78. The summed E-state index contributed by atoms with van der Waals surface area (Å²) in [4.78, 5) is 23.7. The van der Waals surface area contributed by atoms with E-state index < -0.39 is 12.0 Å². The van der Waals surface area contributed by atoms with E-state index in [0.717, 1.165) is 17.4 Å². The second kappa shape index (κ2) is 7.21. The molecule has 0 unspecified atom stereocenters. The Hall–Kier alpha value is -3.08. The van der Waals surface area contributed by atoms with Crippen molar-refractivity contribution < 1.29 is 14.3 Å². The first-order valence-corrected chi connectivity index (χ1v) is 8.10. The van der Waals surface area contributed by atoms with Gasteiger partial charge in [0.25, 0.3) is 5.91 Å². The third kappa shape index (κ3) is 3.71. The van der Waals surface area contributed by atoms with Crippen LogP contribution >= 0.6 is 0 Å². The summed E-state index contributed by atoms with van der Waals surface area (Å²) in [6, 6.07) is 17.0. The highest BCUT2D eigenvalue weighted by Crippen LogP contribution is 2.19. The Bertz CT molecular complexity index is 900. The zero-order valence-electron chi connectivity index (χ0n) is 14.2. The number of rotatable bonds is 5. The minimum absolute atomic E-state index is 0.296. The van der Waals surface area contributed by atoms with Crippen LogP contribution in [0.25, 0.3) is 10.9 Å². The van der Waals surface area contributed by atoms with Crippen LogP contribution < -0.4 is 5.32 Å². The van der Waals surface area contributed by atoms with Gasteiger partial charge in [0.2, 0.25) is 0 Å². The zero-order valence-corrected chi connectivity index (χ0v) is 14.2. The molecule has 5 nitrogen and oxygen atoms in total. The molecule has 0 fully saturated rings. The molecule has 128 valence electrons. The monoisotopic (exact) mass is 336 g/mol. The van der Waals surface area contributed by atoms with E-state index in [9.17, 15) is 9.59 Å². The molecule has 0 saturated carbocycles. The quantitative estimate of drug-likeness (QED) is 0.729. The van der Waals surface area contributed by atoms with Gasteiger partial charge in [-0.3, -0.25) is 4.79 Å². The smallest absolute Gasteiger partial charge is 0.328 e. The predicted molar refractivity (Wildman–Crippen MR) is 96.4 cm³/mol. The molecule has 1 amide bonds.